The summed E-state index contributed by atoms with van der Waals surface area (Å²) in [5, 5.41) is 8.84. The average molecular weight is 274 g/mol. The molecule has 0 bridgehead atoms. The zero-order valence-electron chi connectivity index (χ0n) is 10.9. The molecule has 19 heavy (non-hydrogen) atoms. The van der Waals surface area contributed by atoms with Crippen molar-refractivity contribution in [3.05, 3.63) is 27.1 Å². The second kappa shape index (κ2) is 3.66. The molecule has 0 unspecified atom stereocenters. The van der Waals surface area contributed by atoms with Crippen molar-refractivity contribution in [3.8, 4) is 0 Å². The minimum atomic E-state index is 0.0579. The lowest BCUT2D eigenvalue weighted by Crippen LogP contribution is -2.20. The van der Waals surface area contributed by atoms with Gasteiger partial charge in [-0.1, -0.05) is 6.92 Å². The van der Waals surface area contributed by atoms with E-state index in [9.17, 15) is 4.79 Å². The molecule has 1 atom stereocenters. The highest BCUT2D eigenvalue weighted by molar-refractivity contribution is 7.18. The van der Waals surface area contributed by atoms with Crippen LogP contribution in [0.5, 0.6) is 0 Å². The Hall–Kier alpha value is -1.69. The first-order chi connectivity index (χ1) is 9.16. The van der Waals surface area contributed by atoms with Gasteiger partial charge in [-0.3, -0.25) is 13.8 Å². The van der Waals surface area contributed by atoms with E-state index in [1.54, 1.807) is 29.3 Å². The van der Waals surface area contributed by atoms with Gasteiger partial charge in [0.1, 0.15) is 11.2 Å². The molecule has 4 rings (SSSR count). The third-order valence-electron chi connectivity index (χ3n) is 4.06. The Kier molecular flexibility index (Phi) is 2.15. The van der Waals surface area contributed by atoms with Crippen LogP contribution >= 0.6 is 11.3 Å². The summed E-state index contributed by atoms with van der Waals surface area (Å²) in [7, 11) is 1.77. The lowest BCUT2D eigenvalue weighted by atomic mass is 9.89. The van der Waals surface area contributed by atoms with Crippen LogP contribution in [0.1, 0.15) is 23.8 Å². The van der Waals surface area contributed by atoms with Crippen LogP contribution in [-0.4, -0.2) is 19.2 Å². The van der Waals surface area contributed by atoms with Crippen molar-refractivity contribution >= 4 is 27.3 Å². The Bertz CT molecular complexity index is 857. The fourth-order valence-corrected chi connectivity index (χ4v) is 4.45. The maximum Gasteiger partial charge on any atom is 0.263 e. The summed E-state index contributed by atoms with van der Waals surface area (Å²) in [4.78, 5) is 14.9. The zero-order chi connectivity index (χ0) is 13.1. The molecule has 3 aromatic rings. The van der Waals surface area contributed by atoms with Gasteiger partial charge in [-0.05, 0) is 30.7 Å². The van der Waals surface area contributed by atoms with E-state index in [1.165, 1.54) is 16.9 Å². The van der Waals surface area contributed by atoms with Gasteiger partial charge < -0.3 is 0 Å². The van der Waals surface area contributed by atoms with Crippen LogP contribution in [0.2, 0.25) is 0 Å². The molecule has 1 aliphatic carbocycles. The maximum absolute atomic E-state index is 12.5. The zero-order valence-corrected chi connectivity index (χ0v) is 11.7. The van der Waals surface area contributed by atoms with Gasteiger partial charge in [-0.25, -0.2) is 0 Å². The molecule has 6 heteroatoms. The first-order valence-corrected chi connectivity index (χ1v) is 7.31. The number of aromatic nitrogens is 4. The number of thiophene rings is 1. The van der Waals surface area contributed by atoms with Crippen molar-refractivity contribution in [1.29, 1.82) is 0 Å². The highest BCUT2D eigenvalue weighted by Crippen LogP contribution is 2.36. The van der Waals surface area contributed by atoms with Crippen molar-refractivity contribution in [2.24, 2.45) is 13.0 Å². The van der Waals surface area contributed by atoms with E-state index >= 15 is 0 Å². The molecule has 0 N–H and O–H groups in total. The van der Waals surface area contributed by atoms with E-state index in [0.29, 0.717) is 11.7 Å². The Balaban J connectivity index is 2.21. The molecule has 0 saturated heterocycles. The van der Waals surface area contributed by atoms with E-state index in [2.05, 4.69) is 17.1 Å². The Labute approximate surface area is 113 Å². The number of fused-ring (bicyclic) bond motifs is 5. The molecule has 0 amide bonds. The number of nitrogens with zero attached hydrogens (tertiary/aromatic N) is 4. The van der Waals surface area contributed by atoms with Gasteiger partial charge in [0.05, 0.1) is 5.39 Å². The first-order valence-electron chi connectivity index (χ1n) is 6.49. The number of rotatable bonds is 0. The molecule has 98 valence electrons. The molecule has 5 nitrogen and oxygen atoms in total. The van der Waals surface area contributed by atoms with Crippen LogP contribution in [0.25, 0.3) is 16.0 Å². The Morgan fingerprint density at radius 3 is 3.16 bits per heavy atom. The quantitative estimate of drug-likeness (QED) is 0.628. The first kappa shape index (κ1) is 11.2. The topological polar surface area (TPSA) is 52.2 Å². The summed E-state index contributed by atoms with van der Waals surface area (Å²) in [5.74, 6) is 1.32. The molecular weight excluding hydrogens is 260 g/mol. The highest BCUT2D eigenvalue weighted by Gasteiger charge is 2.24. The summed E-state index contributed by atoms with van der Waals surface area (Å²) >= 11 is 1.73. The normalized spacial score (nSPS) is 19.2. The van der Waals surface area contributed by atoms with Crippen molar-refractivity contribution in [2.75, 3.05) is 0 Å². The molecule has 0 fully saturated rings. The van der Waals surface area contributed by atoms with Crippen LogP contribution in [-0.2, 0) is 19.9 Å². The van der Waals surface area contributed by atoms with Gasteiger partial charge in [0.15, 0.2) is 0 Å². The minimum Gasteiger partial charge on any atom is -0.279 e. The molecule has 0 aromatic carbocycles. The van der Waals surface area contributed by atoms with Crippen LogP contribution in [0.3, 0.4) is 0 Å². The van der Waals surface area contributed by atoms with E-state index in [1.807, 2.05) is 4.40 Å². The Morgan fingerprint density at radius 2 is 2.32 bits per heavy atom. The van der Waals surface area contributed by atoms with Crippen molar-refractivity contribution in [1.82, 2.24) is 19.2 Å². The smallest absolute Gasteiger partial charge is 0.263 e. The van der Waals surface area contributed by atoms with Crippen LogP contribution in [0.15, 0.2) is 11.1 Å². The highest BCUT2D eigenvalue weighted by atomic mass is 32.1. The van der Waals surface area contributed by atoms with E-state index in [0.717, 1.165) is 23.1 Å². The van der Waals surface area contributed by atoms with Crippen LogP contribution in [0, 0.1) is 5.92 Å². The van der Waals surface area contributed by atoms with E-state index in [-0.39, 0.29) is 5.56 Å². The molecule has 3 heterocycles. The van der Waals surface area contributed by atoms with Gasteiger partial charge in [0.25, 0.3) is 5.56 Å². The summed E-state index contributed by atoms with van der Waals surface area (Å²) in [6.07, 6.45) is 4.96. The van der Waals surface area contributed by atoms with E-state index < -0.39 is 0 Å². The molecule has 0 saturated carbocycles. The van der Waals surface area contributed by atoms with Crippen LogP contribution in [0.4, 0.5) is 0 Å². The SMILES string of the molecule is C[C@@H]1CCc2c(sc3c2c(=O)n(C)c2nncn32)C1. The standard InChI is InChI=1S/C13H14N4OS/c1-7-3-4-8-9(5-7)19-12-10(8)11(18)16(2)13-15-14-6-17(12)13/h6-7H,3-5H2,1-2H3/t7-/m1/s1. The average Bonchev–Trinajstić information content (AvgIpc) is 2.99. The fraction of sp³-hybridized carbons (Fsp3) is 0.462. The van der Waals surface area contributed by atoms with E-state index in [4.69, 9.17) is 0 Å². The van der Waals surface area contributed by atoms with Crippen molar-refractivity contribution < 1.29 is 0 Å². The predicted octanol–water partition coefficient (Wildman–Crippen LogP) is 1.77. The number of hydrogen-bond acceptors (Lipinski definition) is 4. The second-order valence-corrected chi connectivity index (χ2v) is 6.48. The predicted molar refractivity (Wildman–Crippen MR) is 74.8 cm³/mol. The second-order valence-electron chi connectivity index (χ2n) is 5.40. The van der Waals surface area contributed by atoms with Crippen LogP contribution < -0.4 is 5.56 Å². The molecule has 1 aliphatic rings. The maximum atomic E-state index is 12.5. The molecule has 0 spiro atoms. The summed E-state index contributed by atoms with van der Waals surface area (Å²) in [5.41, 5.74) is 1.32. The summed E-state index contributed by atoms with van der Waals surface area (Å²) in [6.45, 7) is 2.28. The van der Waals surface area contributed by atoms with Gasteiger partial charge >= 0.3 is 0 Å². The van der Waals surface area contributed by atoms with Crippen molar-refractivity contribution in [2.45, 2.75) is 26.2 Å². The van der Waals surface area contributed by atoms with Gasteiger partial charge in [0.2, 0.25) is 5.78 Å². The third kappa shape index (κ3) is 1.37. The van der Waals surface area contributed by atoms with Crippen molar-refractivity contribution in [3.63, 3.8) is 0 Å². The Morgan fingerprint density at radius 1 is 1.47 bits per heavy atom. The largest absolute Gasteiger partial charge is 0.279 e. The summed E-state index contributed by atoms with van der Waals surface area (Å²) in [6, 6.07) is 0. The molecule has 3 aromatic heterocycles. The van der Waals surface area contributed by atoms with Gasteiger partial charge in [-0.2, -0.15) is 0 Å². The number of hydrogen-bond donors (Lipinski definition) is 0. The monoisotopic (exact) mass is 274 g/mol. The van der Waals surface area contributed by atoms with Gasteiger partial charge in [-0.15, -0.1) is 21.5 Å². The molecule has 0 aliphatic heterocycles. The lowest BCUT2D eigenvalue weighted by Gasteiger charge is -2.17. The molecule has 0 radical (unpaired) electrons. The van der Waals surface area contributed by atoms with Gasteiger partial charge in [0, 0.05) is 11.9 Å². The minimum absolute atomic E-state index is 0.0579. The third-order valence-corrected chi connectivity index (χ3v) is 5.31. The lowest BCUT2D eigenvalue weighted by molar-refractivity contribution is 0.509. The molecular formula is C13H14N4OS. The fourth-order valence-electron chi connectivity index (χ4n) is 2.99. The number of aryl methyl sites for hydroxylation is 2. The summed E-state index contributed by atoms with van der Waals surface area (Å²) < 4.78 is 3.53.